The van der Waals surface area contributed by atoms with Crippen LogP contribution >= 0.6 is 23.2 Å². The number of nitriles is 1. The summed E-state index contributed by atoms with van der Waals surface area (Å²) in [5, 5.41) is 9.53. The van der Waals surface area contributed by atoms with E-state index in [1.807, 2.05) is 26.0 Å². The average molecular weight is 306 g/mol. The highest BCUT2D eigenvalue weighted by Gasteiger charge is 2.09. The third-order valence-electron chi connectivity index (χ3n) is 2.98. The molecule has 4 heteroatoms. The molecule has 0 radical (unpaired) electrons. The van der Waals surface area contributed by atoms with Crippen LogP contribution in [-0.2, 0) is 5.88 Å². The van der Waals surface area contributed by atoms with Crippen molar-refractivity contribution in [3.63, 3.8) is 0 Å². The van der Waals surface area contributed by atoms with Gasteiger partial charge in [0.1, 0.15) is 11.5 Å². The van der Waals surface area contributed by atoms with Gasteiger partial charge in [-0.15, -0.1) is 11.6 Å². The number of nitrogens with zero attached hydrogens (tertiary/aromatic N) is 1. The van der Waals surface area contributed by atoms with Crippen molar-refractivity contribution < 1.29 is 4.74 Å². The monoisotopic (exact) mass is 305 g/mol. The summed E-state index contributed by atoms with van der Waals surface area (Å²) in [7, 11) is 0. The summed E-state index contributed by atoms with van der Waals surface area (Å²) < 4.78 is 5.88. The zero-order chi connectivity index (χ0) is 14.7. The third-order valence-corrected chi connectivity index (χ3v) is 3.62. The van der Waals surface area contributed by atoms with Crippen LogP contribution in [0.1, 0.15) is 22.3 Å². The Morgan fingerprint density at radius 2 is 1.80 bits per heavy atom. The first kappa shape index (κ1) is 14.7. The second kappa shape index (κ2) is 6.17. The Hall–Kier alpha value is -1.69. The summed E-state index contributed by atoms with van der Waals surface area (Å²) in [5.74, 6) is 1.77. The normalized spacial score (nSPS) is 10.2. The van der Waals surface area contributed by atoms with Crippen molar-refractivity contribution in [2.24, 2.45) is 0 Å². The molecule has 0 atom stereocenters. The Kier molecular flexibility index (Phi) is 4.54. The fraction of sp³-hybridized carbons (Fsp3) is 0.188. The van der Waals surface area contributed by atoms with Crippen LogP contribution in [0.2, 0.25) is 5.02 Å². The second-order valence-electron chi connectivity index (χ2n) is 4.54. The number of alkyl halides is 1. The first-order valence-corrected chi connectivity index (χ1v) is 7.00. The van der Waals surface area contributed by atoms with Gasteiger partial charge in [0.2, 0.25) is 0 Å². The van der Waals surface area contributed by atoms with Crippen molar-refractivity contribution in [1.82, 2.24) is 0 Å². The first-order valence-electron chi connectivity index (χ1n) is 6.08. The van der Waals surface area contributed by atoms with E-state index in [9.17, 15) is 0 Å². The van der Waals surface area contributed by atoms with E-state index in [0.717, 1.165) is 22.4 Å². The van der Waals surface area contributed by atoms with Crippen molar-refractivity contribution in [3.05, 3.63) is 57.6 Å². The van der Waals surface area contributed by atoms with E-state index in [2.05, 4.69) is 6.07 Å². The Bertz CT molecular complexity index is 666. The fourth-order valence-electron chi connectivity index (χ4n) is 1.99. The van der Waals surface area contributed by atoms with Gasteiger partial charge in [-0.2, -0.15) is 5.26 Å². The molecule has 20 heavy (non-hydrogen) atoms. The summed E-state index contributed by atoms with van der Waals surface area (Å²) >= 11 is 11.9. The lowest BCUT2D eigenvalue weighted by atomic mass is 10.1. The Balaban J connectivity index is 2.35. The van der Waals surface area contributed by atoms with Gasteiger partial charge in [0.15, 0.2) is 0 Å². The zero-order valence-electron chi connectivity index (χ0n) is 11.2. The van der Waals surface area contributed by atoms with E-state index in [-0.39, 0.29) is 0 Å². The van der Waals surface area contributed by atoms with Gasteiger partial charge in [-0.25, -0.2) is 0 Å². The minimum Gasteiger partial charge on any atom is -0.457 e. The summed E-state index contributed by atoms with van der Waals surface area (Å²) in [6.07, 6.45) is 0. The highest BCUT2D eigenvalue weighted by Crippen LogP contribution is 2.32. The lowest BCUT2D eigenvalue weighted by molar-refractivity contribution is 0.475. The number of halogens is 2. The number of aryl methyl sites for hydroxylation is 2. The van der Waals surface area contributed by atoms with Crippen LogP contribution in [0.5, 0.6) is 11.5 Å². The molecule has 0 aliphatic rings. The molecule has 2 aromatic carbocycles. The topological polar surface area (TPSA) is 33.0 Å². The smallest absolute Gasteiger partial charge is 0.133 e. The number of benzene rings is 2. The maximum atomic E-state index is 8.94. The van der Waals surface area contributed by atoms with Crippen molar-refractivity contribution in [2.45, 2.75) is 19.7 Å². The molecule has 102 valence electrons. The van der Waals surface area contributed by atoms with Gasteiger partial charge in [-0.05, 0) is 54.8 Å². The molecule has 0 saturated carbocycles. The van der Waals surface area contributed by atoms with E-state index < -0.39 is 0 Å². The molecule has 2 nitrogen and oxygen atoms in total. The molecular weight excluding hydrogens is 293 g/mol. The molecule has 0 heterocycles. The lowest BCUT2D eigenvalue weighted by Crippen LogP contribution is -1.93. The molecule has 0 unspecified atom stereocenters. The lowest BCUT2D eigenvalue weighted by Gasteiger charge is -2.13. The van der Waals surface area contributed by atoms with Gasteiger partial charge in [0, 0.05) is 10.9 Å². The number of hydrogen-bond acceptors (Lipinski definition) is 2. The molecule has 0 spiro atoms. The van der Waals surface area contributed by atoms with Crippen LogP contribution in [-0.4, -0.2) is 0 Å². The van der Waals surface area contributed by atoms with E-state index >= 15 is 0 Å². The van der Waals surface area contributed by atoms with Crippen LogP contribution in [0.3, 0.4) is 0 Å². The van der Waals surface area contributed by atoms with Gasteiger partial charge in [-0.3, -0.25) is 0 Å². The predicted molar refractivity (Wildman–Crippen MR) is 81.7 cm³/mol. The highest BCUT2D eigenvalue weighted by molar-refractivity contribution is 6.32. The largest absolute Gasteiger partial charge is 0.457 e. The summed E-state index contributed by atoms with van der Waals surface area (Å²) in [5.41, 5.74) is 3.33. The summed E-state index contributed by atoms with van der Waals surface area (Å²) in [6.45, 7) is 3.83. The molecular formula is C16H13Cl2NO. The molecule has 0 aliphatic carbocycles. The summed E-state index contributed by atoms with van der Waals surface area (Å²) in [6, 6.07) is 11.2. The van der Waals surface area contributed by atoms with Gasteiger partial charge in [0.25, 0.3) is 0 Å². The first-order chi connectivity index (χ1) is 9.55. The van der Waals surface area contributed by atoms with Crippen LogP contribution < -0.4 is 4.74 Å². The van der Waals surface area contributed by atoms with Crippen molar-refractivity contribution in [1.29, 1.82) is 5.26 Å². The van der Waals surface area contributed by atoms with Gasteiger partial charge < -0.3 is 4.74 Å². The molecule has 0 aliphatic heterocycles. The SMILES string of the molecule is Cc1cc(C#N)cc(C)c1Oc1ccc(CCl)c(Cl)c1. The Morgan fingerprint density at radius 3 is 2.30 bits per heavy atom. The predicted octanol–water partition coefficient (Wildman–Crippen LogP) is 5.36. The molecule has 0 saturated heterocycles. The van der Waals surface area contributed by atoms with Gasteiger partial charge >= 0.3 is 0 Å². The van der Waals surface area contributed by atoms with E-state index in [0.29, 0.717) is 22.2 Å². The zero-order valence-corrected chi connectivity index (χ0v) is 12.7. The minimum atomic E-state index is 0.369. The Labute approximate surface area is 128 Å². The molecule has 0 fully saturated rings. The van der Waals surface area contributed by atoms with Crippen molar-refractivity contribution in [3.8, 4) is 17.6 Å². The molecule has 0 aromatic heterocycles. The number of ether oxygens (including phenoxy) is 1. The maximum Gasteiger partial charge on any atom is 0.133 e. The van der Waals surface area contributed by atoms with Gasteiger partial charge in [0.05, 0.1) is 11.6 Å². The second-order valence-corrected chi connectivity index (χ2v) is 5.21. The fourth-order valence-corrected chi connectivity index (χ4v) is 2.53. The highest BCUT2D eigenvalue weighted by atomic mass is 35.5. The molecule has 0 N–H and O–H groups in total. The Morgan fingerprint density at radius 1 is 1.15 bits per heavy atom. The molecule has 2 aromatic rings. The molecule has 2 rings (SSSR count). The third kappa shape index (κ3) is 3.07. The van der Waals surface area contributed by atoms with Crippen molar-refractivity contribution in [2.75, 3.05) is 0 Å². The van der Waals surface area contributed by atoms with Crippen LogP contribution in [0, 0.1) is 25.2 Å². The summed E-state index contributed by atoms with van der Waals surface area (Å²) in [4.78, 5) is 0. The van der Waals surface area contributed by atoms with E-state index in [1.165, 1.54) is 0 Å². The quantitative estimate of drug-likeness (QED) is 0.715. The average Bonchev–Trinajstić information content (AvgIpc) is 2.42. The van der Waals surface area contributed by atoms with Crippen LogP contribution in [0.25, 0.3) is 0 Å². The number of hydrogen-bond donors (Lipinski definition) is 0. The maximum absolute atomic E-state index is 8.94. The minimum absolute atomic E-state index is 0.369. The van der Waals surface area contributed by atoms with Gasteiger partial charge in [-0.1, -0.05) is 17.7 Å². The van der Waals surface area contributed by atoms with E-state index in [1.54, 1.807) is 18.2 Å². The van der Waals surface area contributed by atoms with Crippen LogP contribution in [0.4, 0.5) is 0 Å². The molecule has 0 amide bonds. The van der Waals surface area contributed by atoms with Crippen molar-refractivity contribution >= 4 is 23.2 Å². The standard InChI is InChI=1S/C16H13Cl2NO/c1-10-5-12(9-19)6-11(2)16(10)20-14-4-3-13(8-17)15(18)7-14/h3-7H,8H2,1-2H3. The van der Waals surface area contributed by atoms with Crippen LogP contribution in [0.15, 0.2) is 30.3 Å². The number of rotatable bonds is 3. The van der Waals surface area contributed by atoms with E-state index in [4.69, 9.17) is 33.2 Å². The molecule has 0 bridgehead atoms.